The molecule has 2 atom stereocenters. The average molecular weight is 477 g/mol. The summed E-state index contributed by atoms with van der Waals surface area (Å²) in [5.41, 5.74) is 0.909. The van der Waals surface area contributed by atoms with Gasteiger partial charge in [0.1, 0.15) is 6.07 Å². The summed E-state index contributed by atoms with van der Waals surface area (Å²) in [6.45, 7) is 6.07. The number of nitriles is 1. The smallest absolute Gasteiger partial charge is 0.237 e. The van der Waals surface area contributed by atoms with Crippen LogP contribution in [0, 0.1) is 11.3 Å². The molecule has 1 N–H and O–H groups in total. The summed E-state index contributed by atoms with van der Waals surface area (Å²) in [4.78, 5) is 15.0. The molecule has 3 heterocycles. The van der Waals surface area contributed by atoms with E-state index in [1.165, 1.54) is 11.8 Å². The third-order valence-electron chi connectivity index (χ3n) is 5.41. The molecule has 0 saturated carbocycles. The summed E-state index contributed by atoms with van der Waals surface area (Å²) in [5.74, 6) is 0.605. The maximum Gasteiger partial charge on any atom is 0.237 e. The summed E-state index contributed by atoms with van der Waals surface area (Å²) in [7, 11) is 0. The number of hydrogen-bond acceptors (Lipinski definition) is 8. The van der Waals surface area contributed by atoms with Crippen molar-refractivity contribution in [2.45, 2.75) is 42.8 Å². The molecule has 9 nitrogen and oxygen atoms in total. The SMILES string of the molecule is CC(Sc1nnc(N2CCOCC2)n1CC1CCCO1)C(=O)Nc1ccc(C#N)c(Cl)c1. The molecule has 2 fully saturated rings. The minimum absolute atomic E-state index is 0.120. The van der Waals surface area contributed by atoms with Crippen LogP contribution in [0.25, 0.3) is 0 Å². The number of hydrogen-bond donors (Lipinski definition) is 1. The Morgan fingerprint density at radius 2 is 2.19 bits per heavy atom. The Morgan fingerprint density at radius 3 is 2.88 bits per heavy atom. The number of halogens is 1. The number of ether oxygens (including phenoxy) is 2. The molecule has 32 heavy (non-hydrogen) atoms. The minimum atomic E-state index is -0.422. The molecule has 2 aromatic rings. The Morgan fingerprint density at radius 1 is 1.38 bits per heavy atom. The first kappa shape index (κ1) is 22.9. The Bertz CT molecular complexity index is 998. The lowest BCUT2D eigenvalue weighted by Crippen LogP contribution is -2.38. The van der Waals surface area contributed by atoms with Gasteiger partial charge in [-0.1, -0.05) is 23.4 Å². The number of aromatic nitrogens is 3. The van der Waals surface area contributed by atoms with Crippen molar-refractivity contribution in [1.82, 2.24) is 14.8 Å². The number of nitrogens with zero attached hydrogens (tertiary/aromatic N) is 5. The summed E-state index contributed by atoms with van der Waals surface area (Å²) in [6, 6.07) is 6.83. The van der Waals surface area contributed by atoms with Crippen LogP contribution in [0.15, 0.2) is 23.4 Å². The van der Waals surface area contributed by atoms with Gasteiger partial charge in [0.25, 0.3) is 0 Å². The van der Waals surface area contributed by atoms with E-state index >= 15 is 0 Å². The minimum Gasteiger partial charge on any atom is -0.378 e. The van der Waals surface area contributed by atoms with Crippen LogP contribution in [0.1, 0.15) is 25.3 Å². The number of benzene rings is 1. The number of carbonyl (C=O) groups is 1. The number of nitrogens with one attached hydrogen (secondary N) is 1. The monoisotopic (exact) mass is 476 g/mol. The number of anilines is 2. The summed E-state index contributed by atoms with van der Waals surface area (Å²) < 4.78 is 13.4. The van der Waals surface area contributed by atoms with E-state index < -0.39 is 5.25 Å². The van der Waals surface area contributed by atoms with Crippen molar-refractivity contribution in [3.63, 3.8) is 0 Å². The first-order valence-electron chi connectivity index (χ1n) is 10.6. The van der Waals surface area contributed by atoms with E-state index in [2.05, 4.69) is 25.0 Å². The second kappa shape index (κ2) is 10.5. The standard InChI is InChI=1S/C21H25ClN6O3S/c1-14(19(29)24-16-5-4-15(12-23)18(22)11-16)32-21-26-25-20(27-6-9-30-10-7-27)28(21)13-17-3-2-8-31-17/h4-5,11,14,17H,2-3,6-10,13H2,1H3,(H,24,29). The predicted molar refractivity (Wildman–Crippen MR) is 122 cm³/mol. The van der Waals surface area contributed by atoms with Gasteiger partial charge in [-0.3, -0.25) is 9.36 Å². The summed E-state index contributed by atoms with van der Waals surface area (Å²) in [6.07, 6.45) is 2.17. The van der Waals surface area contributed by atoms with Gasteiger partial charge < -0.3 is 19.7 Å². The van der Waals surface area contributed by atoms with Gasteiger partial charge >= 0.3 is 0 Å². The molecule has 1 aromatic heterocycles. The predicted octanol–water partition coefficient (Wildman–Crippen LogP) is 2.94. The van der Waals surface area contributed by atoms with Gasteiger partial charge in [0.15, 0.2) is 5.16 Å². The van der Waals surface area contributed by atoms with Crippen molar-refractivity contribution in [2.24, 2.45) is 0 Å². The molecular weight excluding hydrogens is 452 g/mol. The molecule has 0 spiro atoms. The lowest BCUT2D eigenvalue weighted by molar-refractivity contribution is -0.115. The van der Waals surface area contributed by atoms with Gasteiger partial charge in [-0.25, -0.2) is 0 Å². The van der Waals surface area contributed by atoms with Gasteiger partial charge in [-0.2, -0.15) is 5.26 Å². The Labute approximate surface area is 196 Å². The molecule has 11 heteroatoms. The third kappa shape index (κ3) is 5.35. The highest BCUT2D eigenvalue weighted by Crippen LogP contribution is 2.29. The zero-order chi connectivity index (χ0) is 22.5. The molecule has 170 valence electrons. The van der Waals surface area contributed by atoms with Crippen molar-refractivity contribution in [1.29, 1.82) is 5.26 Å². The van der Waals surface area contributed by atoms with Crippen LogP contribution >= 0.6 is 23.4 Å². The lowest BCUT2D eigenvalue weighted by Gasteiger charge is -2.28. The molecule has 1 amide bonds. The topological polar surface area (TPSA) is 105 Å². The third-order valence-corrected chi connectivity index (χ3v) is 6.80. The molecule has 1 aromatic carbocycles. The van der Waals surface area contributed by atoms with Crippen molar-refractivity contribution >= 4 is 40.9 Å². The molecule has 2 aliphatic rings. The van der Waals surface area contributed by atoms with Crippen LogP contribution in [0.4, 0.5) is 11.6 Å². The Balaban J connectivity index is 1.48. The molecule has 2 unspecified atom stereocenters. The normalized spacial score (nSPS) is 19.5. The first-order valence-corrected chi connectivity index (χ1v) is 11.9. The number of morpholine rings is 1. The summed E-state index contributed by atoms with van der Waals surface area (Å²) >= 11 is 7.43. The lowest BCUT2D eigenvalue weighted by atomic mass is 10.2. The molecule has 2 aliphatic heterocycles. The van der Waals surface area contributed by atoms with E-state index in [1.54, 1.807) is 18.2 Å². The van der Waals surface area contributed by atoms with E-state index in [1.807, 2.05) is 13.0 Å². The number of carbonyl (C=O) groups excluding carboxylic acids is 1. The highest BCUT2D eigenvalue weighted by Gasteiger charge is 2.27. The molecule has 0 bridgehead atoms. The Kier molecular flexibility index (Phi) is 7.52. The van der Waals surface area contributed by atoms with Gasteiger partial charge in [0.2, 0.25) is 11.9 Å². The quantitative estimate of drug-likeness (QED) is 0.608. The highest BCUT2D eigenvalue weighted by atomic mass is 35.5. The maximum absolute atomic E-state index is 12.8. The van der Waals surface area contributed by atoms with Crippen LogP contribution < -0.4 is 10.2 Å². The van der Waals surface area contributed by atoms with Gasteiger partial charge in [-0.15, -0.1) is 10.2 Å². The average Bonchev–Trinajstić information content (AvgIpc) is 3.45. The molecule has 4 rings (SSSR count). The molecular formula is C21H25ClN6O3S. The van der Waals surface area contributed by atoms with Crippen LogP contribution in [-0.2, 0) is 20.8 Å². The summed E-state index contributed by atoms with van der Waals surface area (Å²) in [5, 5.41) is 21.3. The van der Waals surface area contributed by atoms with E-state index in [0.29, 0.717) is 41.2 Å². The first-order chi connectivity index (χ1) is 15.5. The van der Waals surface area contributed by atoms with Crippen LogP contribution in [0.5, 0.6) is 0 Å². The maximum atomic E-state index is 12.8. The van der Waals surface area contributed by atoms with Crippen molar-refractivity contribution in [3.05, 3.63) is 28.8 Å². The zero-order valence-electron chi connectivity index (χ0n) is 17.8. The fraction of sp³-hybridized carbons (Fsp3) is 0.524. The van der Waals surface area contributed by atoms with E-state index in [9.17, 15) is 4.79 Å². The van der Waals surface area contributed by atoms with Gasteiger partial charge in [-0.05, 0) is 38.0 Å². The zero-order valence-corrected chi connectivity index (χ0v) is 19.4. The van der Waals surface area contributed by atoms with Gasteiger partial charge in [0, 0.05) is 25.4 Å². The Hall–Kier alpha value is -2.32. The van der Waals surface area contributed by atoms with Crippen LogP contribution in [0.3, 0.4) is 0 Å². The second-order valence-electron chi connectivity index (χ2n) is 7.68. The van der Waals surface area contributed by atoms with E-state index in [4.69, 9.17) is 26.3 Å². The molecule has 0 radical (unpaired) electrons. The highest BCUT2D eigenvalue weighted by molar-refractivity contribution is 8.00. The fourth-order valence-corrected chi connectivity index (χ4v) is 4.73. The fourth-order valence-electron chi connectivity index (χ4n) is 3.66. The number of rotatable bonds is 7. The van der Waals surface area contributed by atoms with Crippen LogP contribution in [0.2, 0.25) is 5.02 Å². The van der Waals surface area contributed by atoms with E-state index in [0.717, 1.165) is 38.5 Å². The number of amides is 1. The molecule has 2 saturated heterocycles. The van der Waals surface area contributed by atoms with Crippen LogP contribution in [-0.4, -0.2) is 64.9 Å². The van der Waals surface area contributed by atoms with Crippen molar-refractivity contribution < 1.29 is 14.3 Å². The van der Waals surface area contributed by atoms with Crippen molar-refractivity contribution in [2.75, 3.05) is 43.1 Å². The number of thioether (sulfide) groups is 1. The second-order valence-corrected chi connectivity index (χ2v) is 9.40. The molecule has 0 aliphatic carbocycles. The van der Waals surface area contributed by atoms with Gasteiger partial charge in [0.05, 0.1) is 41.7 Å². The largest absolute Gasteiger partial charge is 0.378 e. The van der Waals surface area contributed by atoms with Crippen molar-refractivity contribution in [3.8, 4) is 6.07 Å². The van der Waals surface area contributed by atoms with E-state index in [-0.39, 0.29) is 12.0 Å².